The van der Waals surface area contributed by atoms with E-state index >= 15 is 0 Å². The van der Waals surface area contributed by atoms with Crippen LogP contribution >= 0.6 is 11.8 Å². The van der Waals surface area contributed by atoms with Crippen molar-refractivity contribution in [1.82, 2.24) is 4.90 Å². The number of fused-ring (bicyclic) bond motifs is 1. The first-order valence-corrected chi connectivity index (χ1v) is 11.3. The van der Waals surface area contributed by atoms with Gasteiger partial charge in [-0.3, -0.25) is 9.69 Å². The number of ether oxygens (including phenoxy) is 3. The van der Waals surface area contributed by atoms with Gasteiger partial charge in [0.15, 0.2) is 11.5 Å². The Kier molecular flexibility index (Phi) is 6.47. The maximum atomic E-state index is 13.1. The molecule has 7 nitrogen and oxygen atoms in total. The number of hydrogen-bond acceptors (Lipinski definition) is 7. The highest BCUT2D eigenvalue weighted by Gasteiger charge is 2.38. The molecular weight excluding hydrogens is 426 g/mol. The SMILES string of the molecule is CCOc1ccc(N2CSC3=C(C#N)[C@@H](c4ccc(OC)c(OC)c4)CC(=O)N3C2)cc1. The third-order valence-electron chi connectivity index (χ3n) is 5.62. The molecule has 0 aromatic heterocycles. The first-order valence-electron chi connectivity index (χ1n) is 10.4. The largest absolute Gasteiger partial charge is 0.494 e. The number of nitriles is 1. The van der Waals surface area contributed by atoms with Crippen molar-refractivity contribution in [2.45, 2.75) is 19.3 Å². The van der Waals surface area contributed by atoms with Gasteiger partial charge < -0.3 is 19.1 Å². The third-order valence-corrected chi connectivity index (χ3v) is 6.77. The molecule has 2 aromatic rings. The molecule has 0 unspecified atom stereocenters. The molecule has 4 rings (SSSR count). The van der Waals surface area contributed by atoms with Crippen LogP contribution in [0.15, 0.2) is 53.1 Å². The van der Waals surface area contributed by atoms with Crippen molar-refractivity contribution in [2.24, 2.45) is 0 Å². The molecule has 8 heteroatoms. The van der Waals surface area contributed by atoms with Crippen LogP contribution in [0.5, 0.6) is 17.2 Å². The molecule has 1 amide bonds. The molecular formula is C24H25N3O4S. The zero-order chi connectivity index (χ0) is 22.7. The molecule has 32 heavy (non-hydrogen) atoms. The van der Waals surface area contributed by atoms with Gasteiger partial charge in [0.25, 0.3) is 0 Å². The minimum Gasteiger partial charge on any atom is -0.494 e. The van der Waals surface area contributed by atoms with Crippen molar-refractivity contribution in [3.8, 4) is 23.3 Å². The number of hydrogen-bond donors (Lipinski definition) is 0. The van der Waals surface area contributed by atoms with Crippen molar-refractivity contribution >= 4 is 23.4 Å². The zero-order valence-corrected chi connectivity index (χ0v) is 19.1. The predicted octanol–water partition coefficient (Wildman–Crippen LogP) is 4.32. The lowest BCUT2D eigenvalue weighted by atomic mass is 9.86. The topological polar surface area (TPSA) is 75.0 Å². The van der Waals surface area contributed by atoms with Gasteiger partial charge in [-0.05, 0) is 48.9 Å². The first-order chi connectivity index (χ1) is 15.6. The number of anilines is 1. The first kappa shape index (κ1) is 21.9. The highest BCUT2D eigenvalue weighted by molar-refractivity contribution is 8.03. The fourth-order valence-corrected chi connectivity index (χ4v) is 5.17. The molecule has 1 fully saturated rings. The third kappa shape index (κ3) is 4.08. The van der Waals surface area contributed by atoms with Crippen LogP contribution in [0.2, 0.25) is 0 Å². The maximum Gasteiger partial charge on any atom is 0.229 e. The molecule has 0 N–H and O–H groups in total. The van der Waals surface area contributed by atoms with Gasteiger partial charge in [-0.25, -0.2) is 0 Å². The van der Waals surface area contributed by atoms with Gasteiger partial charge in [-0.1, -0.05) is 17.8 Å². The Morgan fingerprint density at radius 1 is 1.12 bits per heavy atom. The molecule has 2 aromatic carbocycles. The summed E-state index contributed by atoms with van der Waals surface area (Å²) in [5.74, 6) is 2.37. The van der Waals surface area contributed by atoms with E-state index in [0.717, 1.165) is 22.0 Å². The summed E-state index contributed by atoms with van der Waals surface area (Å²) in [4.78, 5) is 17.0. The van der Waals surface area contributed by atoms with E-state index in [4.69, 9.17) is 14.2 Å². The van der Waals surface area contributed by atoms with Crippen LogP contribution in [-0.2, 0) is 4.79 Å². The molecule has 1 atom stereocenters. The van der Waals surface area contributed by atoms with Crippen LogP contribution in [0, 0.1) is 11.3 Å². The quantitative estimate of drug-likeness (QED) is 0.647. The van der Waals surface area contributed by atoms with Crippen molar-refractivity contribution in [2.75, 3.05) is 38.3 Å². The lowest BCUT2D eigenvalue weighted by Crippen LogP contribution is -2.47. The van der Waals surface area contributed by atoms with Gasteiger partial charge in [-0.15, -0.1) is 0 Å². The van der Waals surface area contributed by atoms with Crippen molar-refractivity contribution in [1.29, 1.82) is 5.26 Å². The number of carbonyl (C=O) groups excluding carboxylic acids is 1. The van der Waals surface area contributed by atoms with Crippen LogP contribution in [0.25, 0.3) is 0 Å². The van der Waals surface area contributed by atoms with Crippen LogP contribution < -0.4 is 19.1 Å². The molecule has 2 heterocycles. The highest BCUT2D eigenvalue weighted by Crippen LogP contribution is 2.44. The predicted molar refractivity (Wildman–Crippen MR) is 124 cm³/mol. The van der Waals surface area contributed by atoms with Gasteiger partial charge in [0.1, 0.15) is 5.75 Å². The van der Waals surface area contributed by atoms with E-state index in [2.05, 4.69) is 11.0 Å². The Labute approximate surface area is 192 Å². The van der Waals surface area contributed by atoms with Crippen LogP contribution in [0.3, 0.4) is 0 Å². The van der Waals surface area contributed by atoms with E-state index in [1.165, 1.54) is 11.8 Å². The van der Waals surface area contributed by atoms with Gasteiger partial charge in [0.05, 0.1) is 50.0 Å². The molecule has 0 saturated carbocycles. The second kappa shape index (κ2) is 9.45. The van der Waals surface area contributed by atoms with Gasteiger partial charge in [0.2, 0.25) is 5.91 Å². The number of thioether (sulfide) groups is 1. The fraction of sp³-hybridized carbons (Fsp3) is 0.333. The van der Waals surface area contributed by atoms with Crippen molar-refractivity contribution in [3.05, 3.63) is 58.6 Å². The van der Waals surface area contributed by atoms with E-state index < -0.39 is 0 Å². The zero-order valence-electron chi connectivity index (χ0n) is 18.3. The Morgan fingerprint density at radius 2 is 1.88 bits per heavy atom. The number of carbonyl (C=O) groups is 1. The minimum atomic E-state index is -0.303. The Bertz CT molecular complexity index is 1080. The summed E-state index contributed by atoms with van der Waals surface area (Å²) in [5.41, 5.74) is 2.50. The smallest absolute Gasteiger partial charge is 0.229 e. The molecule has 2 aliphatic heterocycles. The number of benzene rings is 2. The average Bonchev–Trinajstić information content (AvgIpc) is 2.84. The number of nitrogens with zero attached hydrogens (tertiary/aromatic N) is 3. The number of allylic oxidation sites excluding steroid dienone is 1. The molecule has 2 aliphatic rings. The van der Waals surface area contributed by atoms with E-state index in [0.29, 0.717) is 36.2 Å². The van der Waals surface area contributed by atoms with E-state index in [1.54, 1.807) is 19.1 Å². The van der Waals surface area contributed by atoms with Crippen molar-refractivity contribution < 1.29 is 19.0 Å². The second-order valence-corrected chi connectivity index (χ2v) is 8.34. The number of methoxy groups -OCH3 is 2. The van der Waals surface area contributed by atoms with Crippen LogP contribution in [-0.4, -0.2) is 44.2 Å². The normalized spacial score (nSPS) is 18.2. The maximum absolute atomic E-state index is 13.1. The van der Waals surface area contributed by atoms with Gasteiger partial charge in [-0.2, -0.15) is 5.26 Å². The van der Waals surface area contributed by atoms with Crippen molar-refractivity contribution in [3.63, 3.8) is 0 Å². The summed E-state index contributed by atoms with van der Waals surface area (Å²) < 4.78 is 16.3. The molecule has 0 spiro atoms. The molecule has 1 saturated heterocycles. The molecule has 166 valence electrons. The molecule has 0 bridgehead atoms. The van der Waals surface area contributed by atoms with E-state index in [1.807, 2.05) is 49.4 Å². The summed E-state index contributed by atoms with van der Waals surface area (Å²) in [5, 5.41) is 10.7. The standard InChI is InChI=1S/C24H25N3O4S/c1-4-31-18-8-6-17(7-9-18)26-14-27-23(28)12-19(20(13-25)24(27)32-15-26)16-5-10-21(29-2)22(11-16)30-3/h5-11,19H,4,12,14-15H2,1-3H3/t19-/m1/s1. The van der Waals surface area contributed by atoms with E-state index in [9.17, 15) is 10.1 Å². The van der Waals surface area contributed by atoms with Crippen LogP contribution in [0.1, 0.15) is 24.8 Å². The lowest BCUT2D eigenvalue weighted by molar-refractivity contribution is -0.129. The minimum absolute atomic E-state index is 0.00178. The lowest BCUT2D eigenvalue weighted by Gasteiger charge is -2.42. The Hall–Kier alpha value is -3.31. The Balaban J connectivity index is 1.61. The van der Waals surface area contributed by atoms with E-state index in [-0.39, 0.29) is 18.2 Å². The van der Waals surface area contributed by atoms with Gasteiger partial charge >= 0.3 is 0 Å². The van der Waals surface area contributed by atoms with Gasteiger partial charge in [0, 0.05) is 18.0 Å². The second-order valence-electron chi connectivity index (χ2n) is 7.41. The molecule has 0 radical (unpaired) electrons. The van der Waals surface area contributed by atoms with Crippen LogP contribution in [0.4, 0.5) is 5.69 Å². The Morgan fingerprint density at radius 3 is 2.53 bits per heavy atom. The molecule has 0 aliphatic carbocycles. The summed E-state index contributed by atoms with van der Waals surface area (Å²) in [6.45, 7) is 2.99. The number of rotatable bonds is 6. The fourth-order valence-electron chi connectivity index (χ4n) is 4.00. The monoisotopic (exact) mass is 451 g/mol. The number of amides is 1. The summed E-state index contributed by atoms with van der Waals surface area (Å²) >= 11 is 1.52. The average molecular weight is 452 g/mol. The highest BCUT2D eigenvalue weighted by atomic mass is 32.2. The summed E-state index contributed by atoms with van der Waals surface area (Å²) in [7, 11) is 3.16. The summed E-state index contributed by atoms with van der Waals surface area (Å²) in [6.07, 6.45) is 0.236. The summed E-state index contributed by atoms with van der Waals surface area (Å²) in [6, 6.07) is 15.8.